The number of hydrogen-bond acceptors (Lipinski definition) is 4. The number of hydrogen-bond donors (Lipinski definition) is 2. The second-order valence-corrected chi connectivity index (χ2v) is 7.04. The van der Waals surface area contributed by atoms with Crippen LogP contribution >= 0.6 is 11.6 Å². The minimum Gasteiger partial charge on any atom is -0.478 e. The van der Waals surface area contributed by atoms with Crippen molar-refractivity contribution >= 4 is 33.3 Å². The third-order valence-electron chi connectivity index (χ3n) is 2.85. The maximum absolute atomic E-state index is 13.5. The van der Waals surface area contributed by atoms with E-state index in [-0.39, 0.29) is 6.04 Å². The van der Waals surface area contributed by atoms with E-state index in [0.29, 0.717) is 6.07 Å². The van der Waals surface area contributed by atoms with Gasteiger partial charge < -0.3 is 10.4 Å². The van der Waals surface area contributed by atoms with Crippen molar-refractivity contribution in [2.24, 2.45) is 0 Å². The summed E-state index contributed by atoms with van der Waals surface area (Å²) in [6, 6.07) is 1.34. The molecule has 1 aromatic rings. The number of aromatic carboxylic acids is 1. The second-order valence-electron chi connectivity index (χ2n) is 4.67. The van der Waals surface area contributed by atoms with Crippen molar-refractivity contribution < 1.29 is 27.5 Å². The molecule has 1 amide bonds. The average Bonchev–Trinajstić information content (AvgIpc) is 3.14. The quantitative estimate of drug-likeness (QED) is 0.843. The lowest BCUT2D eigenvalue weighted by atomic mass is 10.2. The topological polar surface area (TPSA) is 101 Å². The van der Waals surface area contributed by atoms with E-state index in [1.807, 2.05) is 0 Å². The first-order chi connectivity index (χ1) is 9.70. The molecule has 0 bridgehead atoms. The maximum atomic E-state index is 13.5. The predicted molar refractivity (Wildman–Crippen MR) is 71.6 cm³/mol. The number of carboxylic acid groups (broad SMARTS) is 1. The zero-order chi connectivity index (χ0) is 15.8. The third kappa shape index (κ3) is 3.70. The van der Waals surface area contributed by atoms with Crippen LogP contribution in [0.5, 0.6) is 0 Å². The summed E-state index contributed by atoms with van der Waals surface area (Å²) in [5, 5.41) is 10.7. The van der Waals surface area contributed by atoms with E-state index in [4.69, 9.17) is 16.7 Å². The van der Waals surface area contributed by atoms with Gasteiger partial charge in [0.25, 0.3) is 0 Å². The Morgan fingerprint density at radius 1 is 1.38 bits per heavy atom. The fraction of sp³-hybridized carbons (Fsp3) is 0.333. The van der Waals surface area contributed by atoms with Crippen LogP contribution in [0.4, 0.5) is 4.39 Å². The van der Waals surface area contributed by atoms with Gasteiger partial charge in [0.2, 0.25) is 5.91 Å². The Kier molecular flexibility index (Phi) is 4.20. The highest BCUT2D eigenvalue weighted by molar-refractivity contribution is 7.92. The minimum atomic E-state index is -4.15. The first kappa shape index (κ1) is 15.7. The van der Waals surface area contributed by atoms with Gasteiger partial charge in [-0.3, -0.25) is 4.79 Å². The number of amides is 1. The SMILES string of the molecule is O=C(CS(=O)(=O)c1cc(F)c(Cl)c(C(=O)O)c1)NC1CC1. The highest BCUT2D eigenvalue weighted by Crippen LogP contribution is 2.25. The van der Waals surface area contributed by atoms with E-state index >= 15 is 0 Å². The van der Waals surface area contributed by atoms with Crippen molar-refractivity contribution in [3.05, 3.63) is 28.5 Å². The molecular formula is C12H11ClFNO5S. The third-order valence-corrected chi connectivity index (χ3v) is 4.84. The smallest absolute Gasteiger partial charge is 0.337 e. The van der Waals surface area contributed by atoms with Gasteiger partial charge in [-0.25, -0.2) is 17.6 Å². The summed E-state index contributed by atoms with van der Waals surface area (Å²) in [6.07, 6.45) is 1.59. The molecule has 0 spiro atoms. The zero-order valence-corrected chi connectivity index (χ0v) is 12.2. The Hall–Kier alpha value is -1.67. The fourth-order valence-corrected chi connectivity index (χ4v) is 3.02. The standard InChI is InChI=1S/C12H11ClFNO5S/c13-11-8(12(17)18)3-7(4-9(11)14)21(19,20)5-10(16)15-6-1-2-6/h3-4,6H,1-2,5H2,(H,15,16)(H,17,18). The van der Waals surface area contributed by atoms with Crippen molar-refractivity contribution in [1.29, 1.82) is 0 Å². The monoisotopic (exact) mass is 335 g/mol. The highest BCUT2D eigenvalue weighted by Gasteiger charge is 2.28. The number of nitrogens with one attached hydrogen (secondary N) is 1. The van der Waals surface area contributed by atoms with Gasteiger partial charge in [0.15, 0.2) is 9.84 Å². The average molecular weight is 336 g/mol. The Labute approximate surface area is 124 Å². The van der Waals surface area contributed by atoms with Gasteiger partial charge in [-0.2, -0.15) is 0 Å². The molecule has 0 heterocycles. The lowest BCUT2D eigenvalue weighted by molar-refractivity contribution is -0.118. The number of carboxylic acids is 1. The molecule has 21 heavy (non-hydrogen) atoms. The van der Waals surface area contributed by atoms with Gasteiger partial charge in [-0.1, -0.05) is 11.6 Å². The molecule has 1 aliphatic rings. The molecule has 2 rings (SSSR count). The van der Waals surface area contributed by atoms with E-state index in [9.17, 15) is 22.4 Å². The Morgan fingerprint density at radius 3 is 2.52 bits per heavy atom. The van der Waals surface area contributed by atoms with Gasteiger partial charge in [0.05, 0.1) is 15.5 Å². The van der Waals surface area contributed by atoms with Gasteiger partial charge in [-0.15, -0.1) is 0 Å². The van der Waals surface area contributed by atoms with Gasteiger partial charge in [-0.05, 0) is 25.0 Å². The molecule has 0 aromatic heterocycles. The molecule has 1 aliphatic carbocycles. The summed E-state index contributed by atoms with van der Waals surface area (Å²) in [5.41, 5.74) is -0.669. The second kappa shape index (κ2) is 5.61. The van der Waals surface area contributed by atoms with Crippen LogP contribution in [0.25, 0.3) is 0 Å². The van der Waals surface area contributed by atoms with Crippen LogP contribution in [0, 0.1) is 5.82 Å². The normalized spacial score (nSPS) is 14.8. The number of carbonyl (C=O) groups excluding carboxylic acids is 1. The molecule has 1 aromatic carbocycles. The summed E-state index contributed by atoms with van der Waals surface area (Å²) in [6.45, 7) is 0. The Balaban J connectivity index is 2.30. The number of carbonyl (C=O) groups is 2. The molecular weight excluding hydrogens is 325 g/mol. The molecule has 2 N–H and O–H groups in total. The van der Waals surface area contributed by atoms with Crippen LogP contribution in [0.3, 0.4) is 0 Å². The van der Waals surface area contributed by atoms with Crippen molar-refractivity contribution in [2.45, 2.75) is 23.8 Å². The van der Waals surface area contributed by atoms with Gasteiger partial charge in [0, 0.05) is 6.04 Å². The first-order valence-electron chi connectivity index (χ1n) is 5.95. The molecule has 0 saturated heterocycles. The van der Waals surface area contributed by atoms with Crippen LogP contribution in [0.2, 0.25) is 5.02 Å². The Morgan fingerprint density at radius 2 is 2.00 bits per heavy atom. The summed E-state index contributed by atoms with van der Waals surface area (Å²) in [4.78, 5) is 21.8. The molecule has 0 radical (unpaired) electrons. The van der Waals surface area contributed by atoms with Crippen LogP contribution in [-0.4, -0.2) is 37.2 Å². The lowest BCUT2D eigenvalue weighted by Crippen LogP contribution is -2.31. The molecule has 1 saturated carbocycles. The lowest BCUT2D eigenvalue weighted by Gasteiger charge is -2.08. The van der Waals surface area contributed by atoms with Crippen molar-refractivity contribution in [2.75, 3.05) is 5.75 Å². The number of benzene rings is 1. The number of sulfone groups is 1. The van der Waals surface area contributed by atoms with E-state index in [1.165, 1.54) is 0 Å². The van der Waals surface area contributed by atoms with Crippen LogP contribution in [-0.2, 0) is 14.6 Å². The maximum Gasteiger partial charge on any atom is 0.337 e. The van der Waals surface area contributed by atoms with Crippen LogP contribution < -0.4 is 5.32 Å². The molecule has 9 heteroatoms. The number of halogens is 2. The van der Waals surface area contributed by atoms with Crippen molar-refractivity contribution in [1.82, 2.24) is 5.32 Å². The highest BCUT2D eigenvalue weighted by atomic mass is 35.5. The van der Waals surface area contributed by atoms with Crippen molar-refractivity contribution in [3.8, 4) is 0 Å². The molecule has 0 unspecified atom stereocenters. The van der Waals surface area contributed by atoms with E-state index in [0.717, 1.165) is 18.9 Å². The molecule has 1 fully saturated rings. The summed E-state index contributed by atoms with van der Waals surface area (Å²) in [5.74, 6) is -4.30. The molecule has 114 valence electrons. The minimum absolute atomic E-state index is 0.00997. The molecule has 6 nitrogen and oxygen atoms in total. The van der Waals surface area contributed by atoms with Gasteiger partial charge in [0.1, 0.15) is 11.6 Å². The zero-order valence-electron chi connectivity index (χ0n) is 10.6. The number of rotatable bonds is 5. The van der Waals surface area contributed by atoms with Crippen molar-refractivity contribution in [3.63, 3.8) is 0 Å². The molecule has 0 atom stereocenters. The Bertz CT molecular complexity index is 715. The first-order valence-corrected chi connectivity index (χ1v) is 7.98. The predicted octanol–water partition coefficient (Wildman–Crippen LogP) is 1.23. The molecule has 0 aliphatic heterocycles. The van der Waals surface area contributed by atoms with E-state index < -0.39 is 48.8 Å². The van der Waals surface area contributed by atoms with Gasteiger partial charge >= 0.3 is 5.97 Å². The summed E-state index contributed by atoms with van der Waals surface area (Å²) in [7, 11) is -4.15. The summed E-state index contributed by atoms with van der Waals surface area (Å²) >= 11 is 5.46. The van der Waals surface area contributed by atoms with E-state index in [2.05, 4.69) is 5.32 Å². The van der Waals surface area contributed by atoms with Crippen LogP contribution in [0.15, 0.2) is 17.0 Å². The fourth-order valence-electron chi connectivity index (χ4n) is 1.65. The van der Waals surface area contributed by atoms with E-state index in [1.54, 1.807) is 0 Å². The summed E-state index contributed by atoms with van der Waals surface area (Å²) < 4.78 is 37.6. The van der Waals surface area contributed by atoms with Crippen LogP contribution in [0.1, 0.15) is 23.2 Å². The largest absolute Gasteiger partial charge is 0.478 e.